The lowest BCUT2D eigenvalue weighted by Gasteiger charge is -2.45. The number of hydrogen-bond acceptors (Lipinski definition) is 6. The molecule has 5 atom stereocenters. The number of benzene rings is 4. The lowest BCUT2D eigenvalue weighted by molar-refractivity contribution is -0.330. The van der Waals surface area contributed by atoms with Gasteiger partial charge >= 0.3 is 0 Å². The average Bonchev–Trinajstić information content (AvgIpc) is 3.07. The molecule has 5 rings (SSSR count). The Hall–Kier alpha value is -3.80. The fourth-order valence-electron chi connectivity index (χ4n) is 5.00. The van der Waals surface area contributed by atoms with E-state index in [4.69, 9.17) is 34.8 Å². The minimum absolute atomic E-state index is 0.157. The summed E-state index contributed by atoms with van der Waals surface area (Å²) in [6.07, 6.45) is 2.56. The highest BCUT2D eigenvalue weighted by molar-refractivity contribution is 5.16. The lowest BCUT2D eigenvalue weighted by Crippen LogP contribution is -2.61. The molecule has 1 fully saturated rings. The second kappa shape index (κ2) is 16.7. The van der Waals surface area contributed by atoms with Gasteiger partial charge in [-0.15, -0.1) is 6.42 Å². The third-order valence-electron chi connectivity index (χ3n) is 7.17. The Labute approximate surface area is 254 Å². The fraction of sp³-hybridized carbons (Fsp3) is 0.297. The van der Waals surface area contributed by atoms with E-state index in [9.17, 15) is 0 Å². The first kappa shape index (κ1) is 30.7. The molecule has 6 heteroatoms. The molecule has 4 aromatic rings. The number of terminal acetylenes is 1. The van der Waals surface area contributed by atoms with Gasteiger partial charge in [0.05, 0.1) is 33.0 Å². The van der Waals surface area contributed by atoms with Crippen LogP contribution in [0.2, 0.25) is 0 Å². The summed E-state index contributed by atoms with van der Waals surface area (Å²) in [5.41, 5.74) is 4.14. The second-order valence-corrected chi connectivity index (χ2v) is 10.3. The van der Waals surface area contributed by atoms with E-state index in [-0.39, 0.29) is 13.2 Å². The minimum Gasteiger partial charge on any atom is -0.368 e. The third kappa shape index (κ3) is 9.34. The highest BCUT2D eigenvalue weighted by Crippen LogP contribution is 2.32. The van der Waals surface area contributed by atoms with E-state index in [1.54, 1.807) is 0 Å². The summed E-state index contributed by atoms with van der Waals surface area (Å²) in [6.45, 7) is 1.80. The zero-order valence-electron chi connectivity index (χ0n) is 24.2. The van der Waals surface area contributed by atoms with Crippen LogP contribution < -0.4 is 0 Å². The summed E-state index contributed by atoms with van der Waals surface area (Å²) >= 11 is 0. The Balaban J connectivity index is 1.44. The molecule has 0 aromatic heterocycles. The summed E-state index contributed by atoms with van der Waals surface area (Å²) in [5.74, 6) is 2.54. The van der Waals surface area contributed by atoms with Crippen LogP contribution in [0.3, 0.4) is 0 Å². The first-order chi connectivity index (χ1) is 21.3. The van der Waals surface area contributed by atoms with Crippen molar-refractivity contribution >= 4 is 0 Å². The van der Waals surface area contributed by atoms with Gasteiger partial charge in [0.1, 0.15) is 31.0 Å². The maximum Gasteiger partial charge on any atom is 0.187 e. The van der Waals surface area contributed by atoms with Crippen molar-refractivity contribution in [2.24, 2.45) is 0 Å². The second-order valence-electron chi connectivity index (χ2n) is 10.3. The van der Waals surface area contributed by atoms with E-state index < -0.39 is 30.7 Å². The van der Waals surface area contributed by atoms with Crippen LogP contribution in [0.15, 0.2) is 121 Å². The van der Waals surface area contributed by atoms with Crippen molar-refractivity contribution < 1.29 is 28.4 Å². The lowest BCUT2D eigenvalue weighted by atomic mass is 9.97. The van der Waals surface area contributed by atoms with Crippen LogP contribution in [0.5, 0.6) is 0 Å². The Morgan fingerprint density at radius 3 is 1.35 bits per heavy atom. The molecular formula is C37H38O6. The Bertz CT molecular complexity index is 1360. The molecule has 0 spiro atoms. The van der Waals surface area contributed by atoms with Gasteiger partial charge in [-0.05, 0) is 22.3 Å². The molecule has 0 amide bonds. The number of hydrogen-bond donors (Lipinski definition) is 0. The van der Waals surface area contributed by atoms with Crippen LogP contribution in [0, 0.1) is 12.3 Å². The van der Waals surface area contributed by atoms with Crippen molar-refractivity contribution in [3.8, 4) is 12.3 Å². The Morgan fingerprint density at radius 1 is 0.512 bits per heavy atom. The average molecular weight is 579 g/mol. The molecule has 0 saturated carbocycles. The first-order valence-corrected chi connectivity index (χ1v) is 14.6. The standard InChI is InChI=1S/C37H38O6/c1-2-23-38-28-33-34(39-24-29-15-7-3-8-16-29)35(40-25-30-17-9-4-10-18-30)36(41-26-31-19-11-5-12-20-31)37(43-33)42-27-32-21-13-6-14-22-32/h1,3-22,33-37H,23-28H2/t33-,34-,35+,36-,37?/m1/s1. The summed E-state index contributed by atoms with van der Waals surface area (Å²) in [5, 5.41) is 0. The molecule has 1 unspecified atom stereocenters. The van der Waals surface area contributed by atoms with E-state index in [2.05, 4.69) is 5.92 Å². The van der Waals surface area contributed by atoms with E-state index in [0.717, 1.165) is 22.3 Å². The van der Waals surface area contributed by atoms with Crippen LogP contribution in [0.1, 0.15) is 22.3 Å². The van der Waals surface area contributed by atoms with Crippen LogP contribution in [-0.4, -0.2) is 43.9 Å². The van der Waals surface area contributed by atoms with E-state index in [0.29, 0.717) is 26.4 Å². The first-order valence-electron chi connectivity index (χ1n) is 14.6. The maximum atomic E-state index is 6.68. The van der Waals surface area contributed by atoms with Gasteiger partial charge in [0.15, 0.2) is 6.29 Å². The van der Waals surface area contributed by atoms with Crippen LogP contribution >= 0.6 is 0 Å². The topological polar surface area (TPSA) is 55.4 Å². The molecule has 0 N–H and O–H groups in total. The maximum absolute atomic E-state index is 6.68. The molecule has 222 valence electrons. The van der Waals surface area contributed by atoms with Crippen molar-refractivity contribution in [1.29, 1.82) is 0 Å². The smallest absolute Gasteiger partial charge is 0.187 e. The summed E-state index contributed by atoms with van der Waals surface area (Å²) in [6, 6.07) is 40.1. The normalized spacial score (nSPS) is 21.7. The highest BCUT2D eigenvalue weighted by Gasteiger charge is 2.49. The molecule has 0 bridgehead atoms. The Kier molecular flexibility index (Phi) is 11.9. The highest BCUT2D eigenvalue weighted by atomic mass is 16.7. The molecule has 1 saturated heterocycles. The van der Waals surface area contributed by atoms with Gasteiger partial charge in [-0.1, -0.05) is 127 Å². The van der Waals surface area contributed by atoms with Gasteiger partial charge in [-0.25, -0.2) is 0 Å². The number of ether oxygens (including phenoxy) is 6. The van der Waals surface area contributed by atoms with Crippen molar-refractivity contribution in [2.45, 2.75) is 57.1 Å². The van der Waals surface area contributed by atoms with Crippen molar-refractivity contribution in [1.82, 2.24) is 0 Å². The Morgan fingerprint density at radius 2 is 0.907 bits per heavy atom. The largest absolute Gasteiger partial charge is 0.368 e. The molecular weight excluding hydrogens is 540 g/mol. The molecule has 0 aliphatic carbocycles. The summed E-state index contributed by atoms with van der Waals surface area (Å²) in [4.78, 5) is 0. The fourth-order valence-corrected chi connectivity index (χ4v) is 5.00. The van der Waals surface area contributed by atoms with Gasteiger partial charge in [0, 0.05) is 0 Å². The van der Waals surface area contributed by atoms with Crippen LogP contribution in [0.4, 0.5) is 0 Å². The molecule has 43 heavy (non-hydrogen) atoms. The van der Waals surface area contributed by atoms with E-state index in [1.165, 1.54) is 0 Å². The van der Waals surface area contributed by atoms with Crippen molar-refractivity contribution in [3.05, 3.63) is 144 Å². The van der Waals surface area contributed by atoms with Gasteiger partial charge < -0.3 is 28.4 Å². The van der Waals surface area contributed by atoms with Crippen LogP contribution in [-0.2, 0) is 54.8 Å². The summed E-state index contributed by atoms with van der Waals surface area (Å²) < 4.78 is 38.7. The molecule has 6 nitrogen and oxygen atoms in total. The van der Waals surface area contributed by atoms with Gasteiger partial charge in [0.25, 0.3) is 0 Å². The third-order valence-corrected chi connectivity index (χ3v) is 7.17. The van der Waals surface area contributed by atoms with Gasteiger partial charge in [-0.2, -0.15) is 0 Å². The van der Waals surface area contributed by atoms with Gasteiger partial charge in [0.2, 0.25) is 0 Å². The molecule has 1 heterocycles. The van der Waals surface area contributed by atoms with Crippen LogP contribution in [0.25, 0.3) is 0 Å². The monoisotopic (exact) mass is 578 g/mol. The molecule has 4 aromatic carbocycles. The predicted molar refractivity (Wildman–Crippen MR) is 165 cm³/mol. The molecule has 1 aliphatic rings. The predicted octanol–water partition coefficient (Wildman–Crippen LogP) is 6.33. The van der Waals surface area contributed by atoms with E-state index >= 15 is 0 Å². The van der Waals surface area contributed by atoms with E-state index in [1.807, 2.05) is 121 Å². The zero-order valence-corrected chi connectivity index (χ0v) is 24.2. The number of rotatable bonds is 15. The SMILES string of the molecule is C#CCOC[C@H]1OC(OCc2ccccc2)[C@H](OCc2ccccc2)[C@@H](OCc2ccccc2)[C@@H]1OCc1ccccc1. The van der Waals surface area contributed by atoms with Crippen molar-refractivity contribution in [3.63, 3.8) is 0 Å². The zero-order chi connectivity index (χ0) is 29.5. The summed E-state index contributed by atoms with van der Waals surface area (Å²) in [7, 11) is 0. The quantitative estimate of drug-likeness (QED) is 0.121. The van der Waals surface area contributed by atoms with Crippen molar-refractivity contribution in [2.75, 3.05) is 13.2 Å². The minimum atomic E-state index is -0.749. The van der Waals surface area contributed by atoms with Gasteiger partial charge in [-0.3, -0.25) is 0 Å². The molecule has 1 aliphatic heterocycles. The molecule has 0 radical (unpaired) electrons.